The third-order valence-electron chi connectivity index (χ3n) is 10.4. The Kier molecular flexibility index (Phi) is 13.2. The zero-order chi connectivity index (χ0) is 42.3. The number of amides is 5. The van der Waals surface area contributed by atoms with Gasteiger partial charge in [0.2, 0.25) is 11.0 Å². The van der Waals surface area contributed by atoms with E-state index in [0.29, 0.717) is 43.2 Å². The van der Waals surface area contributed by atoms with Crippen LogP contribution in [-0.4, -0.2) is 121 Å². The van der Waals surface area contributed by atoms with Gasteiger partial charge in [0.15, 0.2) is 0 Å². The number of rotatable bonds is 14. The van der Waals surface area contributed by atoms with Gasteiger partial charge in [-0.2, -0.15) is 18.4 Å². The van der Waals surface area contributed by atoms with Gasteiger partial charge in [-0.3, -0.25) is 29.5 Å². The maximum atomic E-state index is 13.8. The molecule has 5 amide bonds. The topological polar surface area (TPSA) is 171 Å². The molecule has 0 spiro atoms. The van der Waals surface area contributed by atoms with Crippen molar-refractivity contribution in [3.8, 4) is 6.07 Å². The predicted molar refractivity (Wildman–Crippen MR) is 216 cm³/mol. The van der Waals surface area contributed by atoms with Gasteiger partial charge in [0, 0.05) is 82.4 Å². The van der Waals surface area contributed by atoms with E-state index in [2.05, 4.69) is 25.8 Å². The number of alkyl halides is 3. The molecular weight excluding hydrogens is 792 g/mol. The first-order valence-electron chi connectivity index (χ1n) is 19.0. The molecule has 59 heavy (non-hydrogen) atoms. The Morgan fingerprint density at radius 3 is 2.29 bits per heavy atom. The number of para-hydroxylation sites is 1. The number of carbonyl (C=O) groups is 4. The van der Waals surface area contributed by atoms with Crippen LogP contribution in [0.25, 0.3) is 0 Å². The Bertz CT molecular complexity index is 2170. The van der Waals surface area contributed by atoms with Gasteiger partial charge in [0.05, 0.1) is 41.7 Å². The summed E-state index contributed by atoms with van der Waals surface area (Å²) in [6.45, 7) is 9.30. The second-order valence-corrected chi connectivity index (χ2v) is 15.0. The van der Waals surface area contributed by atoms with E-state index in [4.69, 9.17) is 4.74 Å². The van der Waals surface area contributed by atoms with Gasteiger partial charge in [0.1, 0.15) is 16.8 Å². The van der Waals surface area contributed by atoms with Gasteiger partial charge in [-0.25, -0.2) is 9.00 Å². The van der Waals surface area contributed by atoms with Gasteiger partial charge >= 0.3 is 12.2 Å². The van der Waals surface area contributed by atoms with Crippen LogP contribution in [0, 0.1) is 11.3 Å². The molecule has 3 heterocycles. The van der Waals surface area contributed by atoms with E-state index in [-0.39, 0.29) is 53.4 Å². The van der Waals surface area contributed by atoms with Crippen LogP contribution in [0.15, 0.2) is 66.7 Å². The second-order valence-electron chi connectivity index (χ2n) is 14.5. The summed E-state index contributed by atoms with van der Waals surface area (Å²) in [4.78, 5) is 58.3. The molecule has 3 aliphatic rings. The first-order chi connectivity index (χ1) is 28.2. The predicted octanol–water partition coefficient (Wildman–Crippen LogP) is 3.43. The molecule has 3 fully saturated rings. The molecule has 0 saturated carbocycles. The molecule has 0 aromatic heterocycles. The van der Waals surface area contributed by atoms with E-state index in [0.717, 1.165) is 55.4 Å². The third kappa shape index (κ3) is 9.67. The van der Waals surface area contributed by atoms with Crippen LogP contribution in [0.4, 0.5) is 40.7 Å². The van der Waals surface area contributed by atoms with Crippen molar-refractivity contribution in [1.29, 1.82) is 5.26 Å². The summed E-state index contributed by atoms with van der Waals surface area (Å²) in [5, 5.41) is 17.5. The summed E-state index contributed by atoms with van der Waals surface area (Å²) in [6, 6.07) is 18.5. The molecule has 19 heteroatoms. The summed E-state index contributed by atoms with van der Waals surface area (Å²) in [7, 11) is 0. The molecule has 0 aliphatic carbocycles. The maximum absolute atomic E-state index is 13.8. The number of ether oxygens (including phenoxy) is 1. The van der Waals surface area contributed by atoms with Crippen molar-refractivity contribution in [2.75, 3.05) is 92.1 Å². The number of nitriles is 1. The molecular formula is C40H44F3N9O6S. The van der Waals surface area contributed by atoms with Crippen molar-refractivity contribution < 1.29 is 41.3 Å². The van der Waals surface area contributed by atoms with Gasteiger partial charge in [-0.15, -0.1) is 0 Å². The Labute approximate surface area is 342 Å². The smallest absolute Gasteiger partial charge is 0.382 e. The quantitative estimate of drug-likeness (QED) is 0.161. The van der Waals surface area contributed by atoms with Crippen LogP contribution in [0.5, 0.6) is 0 Å². The minimum atomic E-state index is -4.83. The second kappa shape index (κ2) is 18.3. The van der Waals surface area contributed by atoms with Gasteiger partial charge in [-0.05, 0) is 68.4 Å². The summed E-state index contributed by atoms with van der Waals surface area (Å²) in [5.74, 6) is -1.17. The lowest BCUT2D eigenvalue weighted by Crippen LogP contribution is -2.51. The first-order valence-corrected chi connectivity index (χ1v) is 19.7. The number of nitrogens with one attached hydrogen (secondary N) is 3. The van der Waals surface area contributed by atoms with Crippen LogP contribution in [0.2, 0.25) is 0 Å². The van der Waals surface area contributed by atoms with Crippen molar-refractivity contribution in [2.24, 2.45) is 0 Å². The molecule has 0 unspecified atom stereocenters. The molecule has 0 radical (unpaired) electrons. The fourth-order valence-corrected chi connectivity index (χ4v) is 7.85. The number of piperazine rings is 1. The minimum Gasteiger partial charge on any atom is -0.382 e. The molecule has 0 atom stereocenters. The van der Waals surface area contributed by atoms with Gasteiger partial charge in [-0.1, -0.05) is 12.1 Å². The Morgan fingerprint density at radius 2 is 1.61 bits per heavy atom. The number of carbonyl (C=O) groups excluding carboxylic acids is 4. The van der Waals surface area contributed by atoms with Crippen molar-refractivity contribution >= 4 is 62.9 Å². The number of benzene rings is 3. The fourth-order valence-electron chi connectivity index (χ4n) is 7.18. The minimum absolute atomic E-state index is 0.00687. The van der Waals surface area contributed by atoms with Crippen LogP contribution >= 0.6 is 0 Å². The van der Waals surface area contributed by atoms with E-state index < -0.39 is 34.8 Å². The summed E-state index contributed by atoms with van der Waals surface area (Å²) >= 11 is 0.00687. The third-order valence-corrected chi connectivity index (χ3v) is 10.9. The number of anilines is 4. The highest BCUT2D eigenvalue weighted by molar-refractivity contribution is 7.67. The highest BCUT2D eigenvalue weighted by atomic mass is 32.1. The van der Waals surface area contributed by atoms with E-state index >= 15 is 0 Å². The van der Waals surface area contributed by atoms with E-state index in [9.17, 15) is 41.8 Å². The number of imide groups is 1. The Balaban J connectivity index is 0.944. The summed E-state index contributed by atoms with van der Waals surface area (Å²) < 4.78 is 59.7. The van der Waals surface area contributed by atoms with Gasteiger partial charge < -0.3 is 30.1 Å². The Hall–Kier alpha value is -5.97. The van der Waals surface area contributed by atoms with E-state index in [1.807, 2.05) is 24.3 Å². The maximum Gasteiger partial charge on any atom is 0.417 e. The van der Waals surface area contributed by atoms with E-state index in [1.165, 1.54) is 21.9 Å². The molecule has 3 aromatic rings. The molecule has 3 aromatic carbocycles. The molecule has 15 nitrogen and oxygen atoms in total. The Morgan fingerprint density at radius 1 is 0.915 bits per heavy atom. The number of hydrogen-bond acceptors (Lipinski definition) is 10. The van der Waals surface area contributed by atoms with Crippen LogP contribution in [0.3, 0.4) is 0 Å². The van der Waals surface area contributed by atoms with Crippen LogP contribution < -0.4 is 30.7 Å². The van der Waals surface area contributed by atoms with E-state index in [1.54, 1.807) is 38.1 Å². The zero-order valence-electron chi connectivity index (χ0n) is 32.5. The average Bonchev–Trinajstić information content (AvgIpc) is 3.43. The van der Waals surface area contributed by atoms with Crippen molar-refractivity contribution in [2.45, 2.75) is 32.0 Å². The van der Waals surface area contributed by atoms with Crippen LogP contribution in [-0.2, 0) is 31.8 Å². The van der Waals surface area contributed by atoms with Crippen LogP contribution in [0.1, 0.15) is 41.8 Å². The molecule has 3 aliphatic heterocycles. The van der Waals surface area contributed by atoms with Crippen molar-refractivity contribution in [3.05, 3.63) is 83.4 Å². The highest BCUT2D eigenvalue weighted by Gasteiger charge is 2.51. The monoisotopic (exact) mass is 835 g/mol. The number of urea groups is 1. The molecule has 3 saturated heterocycles. The molecule has 312 valence electrons. The number of nitrogens with zero attached hydrogens (tertiary/aromatic N) is 6. The number of hydrogen-bond donors (Lipinski definition) is 3. The average molecular weight is 836 g/mol. The largest absolute Gasteiger partial charge is 0.417 e. The summed E-state index contributed by atoms with van der Waals surface area (Å²) in [6.07, 6.45) is -4.60. The normalized spacial score (nSPS) is 17.2. The lowest BCUT2D eigenvalue weighted by Gasteiger charge is -2.36. The summed E-state index contributed by atoms with van der Waals surface area (Å²) in [5.41, 5.74) is -0.638. The standard InChI is InChI=1S/C40H44F3N9O6S/c1-39(2)36(55)51(30-8-7-27(26-44)32(25-30)40(41,42)43)38(59-57)52(39)29-11-9-28(10-12-29)49-20-18-48(19-21-49)22-24-58-23-15-45-33-6-4-3-5-31(33)35(54)46-14-17-50-16-13-34(53)47-37(50)56/h3-12,25,45H,13-24H2,1-2H3,(H,46,54)(H,47,53,56). The molecule has 0 bridgehead atoms. The first kappa shape index (κ1) is 42.6. The van der Waals surface area contributed by atoms with Gasteiger partial charge in [0.25, 0.3) is 11.8 Å². The highest BCUT2D eigenvalue weighted by Crippen LogP contribution is 2.39. The SMILES string of the molecule is CC1(C)C(=O)N(c2ccc(C#N)c(C(F)(F)F)c2)C(=S=O)N1c1ccc(N2CCN(CCOCCNc3ccccc3C(=O)NCCN3CCC(=O)NC3=O)CC2)cc1. The fraction of sp³-hybridized carbons (Fsp3) is 0.400. The lowest BCUT2D eigenvalue weighted by molar-refractivity contribution is -0.137. The van der Waals surface area contributed by atoms with Crippen molar-refractivity contribution in [1.82, 2.24) is 20.4 Å². The molecule has 3 N–H and O–H groups in total. The molecule has 6 rings (SSSR count). The zero-order valence-corrected chi connectivity index (χ0v) is 33.3. The number of halogens is 3. The van der Waals surface area contributed by atoms with Crippen molar-refractivity contribution in [3.63, 3.8) is 0 Å². The lowest BCUT2D eigenvalue weighted by atomic mass is 10.0.